The molecule has 1 atom stereocenters. The molecule has 0 aliphatic carbocycles. The van der Waals surface area contributed by atoms with E-state index in [1.807, 2.05) is 6.07 Å². The largest absolute Gasteiger partial charge is 0.390 e. The smallest absolute Gasteiger partial charge is 0.203 e. The molecule has 0 heterocycles. The number of nitriles is 1. The standard InChI is InChI=1S/C11H19NOSi/c1-8-11(5,9-12)13-14(6,7)10(2,3)4/h1H,2-7H3. The molecular formula is C11H19NOSi. The van der Waals surface area contributed by atoms with Crippen molar-refractivity contribution >= 4 is 8.32 Å². The first-order chi connectivity index (χ1) is 6.08. The van der Waals surface area contributed by atoms with Crippen LogP contribution in [0.1, 0.15) is 27.7 Å². The molecule has 0 rings (SSSR count). The highest BCUT2D eigenvalue weighted by molar-refractivity contribution is 6.74. The molecule has 0 aliphatic heterocycles. The van der Waals surface area contributed by atoms with Crippen molar-refractivity contribution in [1.29, 1.82) is 5.26 Å². The quantitative estimate of drug-likeness (QED) is 0.517. The van der Waals surface area contributed by atoms with Gasteiger partial charge in [-0.05, 0) is 25.1 Å². The van der Waals surface area contributed by atoms with Crippen LogP contribution in [0.15, 0.2) is 0 Å². The molecule has 0 aromatic heterocycles. The Hall–Kier alpha value is -0.773. The van der Waals surface area contributed by atoms with Crippen LogP contribution in [0, 0.1) is 23.7 Å². The van der Waals surface area contributed by atoms with Gasteiger partial charge in [0.15, 0.2) is 8.32 Å². The van der Waals surface area contributed by atoms with Crippen LogP contribution < -0.4 is 0 Å². The summed E-state index contributed by atoms with van der Waals surface area (Å²) in [5, 5.41) is 8.99. The molecule has 0 N–H and O–H groups in total. The fraction of sp³-hybridized carbons (Fsp3) is 0.727. The summed E-state index contributed by atoms with van der Waals surface area (Å²) in [6.07, 6.45) is 5.29. The summed E-state index contributed by atoms with van der Waals surface area (Å²) in [4.78, 5) is 0. The zero-order chi connectivity index (χ0) is 11.6. The first kappa shape index (κ1) is 13.2. The summed E-state index contributed by atoms with van der Waals surface area (Å²) < 4.78 is 5.83. The molecule has 14 heavy (non-hydrogen) atoms. The Kier molecular flexibility index (Phi) is 3.56. The monoisotopic (exact) mass is 209 g/mol. The van der Waals surface area contributed by atoms with E-state index in [0.717, 1.165) is 0 Å². The Bertz CT molecular complexity index is 274. The zero-order valence-electron chi connectivity index (χ0n) is 9.93. The van der Waals surface area contributed by atoms with E-state index in [1.54, 1.807) is 6.92 Å². The van der Waals surface area contributed by atoms with Crippen LogP contribution in [-0.4, -0.2) is 13.9 Å². The summed E-state index contributed by atoms with van der Waals surface area (Å²) in [7, 11) is -1.95. The second-order valence-electron chi connectivity index (χ2n) is 5.15. The van der Waals surface area contributed by atoms with Crippen LogP contribution >= 0.6 is 0 Å². The van der Waals surface area contributed by atoms with Crippen molar-refractivity contribution in [3.8, 4) is 18.4 Å². The fourth-order valence-electron chi connectivity index (χ4n) is 0.748. The maximum atomic E-state index is 8.92. The lowest BCUT2D eigenvalue weighted by Gasteiger charge is -2.39. The lowest BCUT2D eigenvalue weighted by Crippen LogP contribution is -2.47. The van der Waals surface area contributed by atoms with Crippen molar-refractivity contribution in [3.63, 3.8) is 0 Å². The maximum Gasteiger partial charge on any atom is 0.203 e. The molecule has 0 bridgehead atoms. The second-order valence-corrected chi connectivity index (χ2v) is 9.88. The van der Waals surface area contributed by atoms with Crippen molar-refractivity contribution < 1.29 is 4.43 Å². The van der Waals surface area contributed by atoms with Crippen molar-refractivity contribution in [1.82, 2.24) is 0 Å². The average Bonchev–Trinajstić information content (AvgIpc) is 2.01. The van der Waals surface area contributed by atoms with Gasteiger partial charge in [0.2, 0.25) is 5.60 Å². The highest BCUT2D eigenvalue weighted by Gasteiger charge is 2.42. The lowest BCUT2D eigenvalue weighted by atomic mass is 10.1. The third-order valence-corrected chi connectivity index (χ3v) is 7.29. The molecule has 3 heteroatoms. The summed E-state index contributed by atoms with van der Waals surface area (Å²) >= 11 is 0. The van der Waals surface area contributed by atoms with E-state index in [9.17, 15) is 0 Å². The van der Waals surface area contributed by atoms with E-state index in [0.29, 0.717) is 0 Å². The van der Waals surface area contributed by atoms with Gasteiger partial charge in [-0.3, -0.25) is 0 Å². The molecule has 1 unspecified atom stereocenters. The number of hydrogen-bond acceptors (Lipinski definition) is 2. The van der Waals surface area contributed by atoms with Crippen LogP contribution in [0.4, 0.5) is 0 Å². The van der Waals surface area contributed by atoms with Gasteiger partial charge in [0.05, 0.1) is 0 Å². The summed E-state index contributed by atoms with van der Waals surface area (Å²) in [5.41, 5.74) is -1.08. The van der Waals surface area contributed by atoms with Gasteiger partial charge >= 0.3 is 0 Å². The van der Waals surface area contributed by atoms with Crippen molar-refractivity contribution in [3.05, 3.63) is 0 Å². The first-order valence-corrected chi connectivity index (χ1v) is 7.58. The van der Waals surface area contributed by atoms with Gasteiger partial charge in [0, 0.05) is 0 Å². The van der Waals surface area contributed by atoms with Crippen LogP contribution in [0.3, 0.4) is 0 Å². The van der Waals surface area contributed by atoms with Gasteiger partial charge in [0.25, 0.3) is 0 Å². The van der Waals surface area contributed by atoms with Gasteiger partial charge in [-0.1, -0.05) is 26.7 Å². The molecule has 0 fully saturated rings. The molecule has 0 aromatic rings. The van der Waals surface area contributed by atoms with Crippen LogP contribution in [0.2, 0.25) is 18.1 Å². The van der Waals surface area contributed by atoms with E-state index in [4.69, 9.17) is 16.1 Å². The Morgan fingerprint density at radius 2 is 1.64 bits per heavy atom. The molecule has 0 aliphatic rings. The normalized spacial score (nSPS) is 16.6. The van der Waals surface area contributed by atoms with Gasteiger partial charge < -0.3 is 4.43 Å². The summed E-state index contributed by atoms with van der Waals surface area (Å²) in [6, 6.07) is 2.03. The lowest BCUT2D eigenvalue weighted by molar-refractivity contribution is 0.187. The van der Waals surface area contributed by atoms with E-state index < -0.39 is 13.9 Å². The van der Waals surface area contributed by atoms with Gasteiger partial charge in [-0.15, -0.1) is 6.42 Å². The van der Waals surface area contributed by atoms with E-state index >= 15 is 0 Å². The fourth-order valence-corrected chi connectivity index (χ4v) is 2.18. The van der Waals surface area contributed by atoms with Gasteiger partial charge in [-0.25, -0.2) is 0 Å². The van der Waals surface area contributed by atoms with E-state index in [2.05, 4.69) is 39.8 Å². The third kappa shape index (κ3) is 2.87. The van der Waals surface area contributed by atoms with Crippen LogP contribution in [0.5, 0.6) is 0 Å². The van der Waals surface area contributed by atoms with E-state index in [1.165, 1.54) is 0 Å². The maximum absolute atomic E-state index is 8.92. The molecule has 2 nitrogen and oxygen atoms in total. The summed E-state index contributed by atoms with van der Waals surface area (Å²) in [5.74, 6) is 2.41. The predicted octanol–water partition coefficient (Wildman–Crippen LogP) is 2.92. The number of hydrogen-bond donors (Lipinski definition) is 0. The van der Waals surface area contributed by atoms with Crippen LogP contribution in [-0.2, 0) is 4.43 Å². The van der Waals surface area contributed by atoms with E-state index in [-0.39, 0.29) is 5.04 Å². The highest BCUT2D eigenvalue weighted by atomic mass is 28.4. The van der Waals surface area contributed by atoms with Crippen LogP contribution in [0.25, 0.3) is 0 Å². The number of rotatable bonds is 2. The SMILES string of the molecule is C#CC(C)(C#N)O[Si](C)(C)C(C)(C)C. The van der Waals surface area contributed by atoms with Gasteiger partial charge in [0.1, 0.15) is 6.07 Å². The highest BCUT2D eigenvalue weighted by Crippen LogP contribution is 2.38. The molecule has 0 amide bonds. The topological polar surface area (TPSA) is 33.0 Å². The molecule has 0 radical (unpaired) electrons. The third-order valence-electron chi connectivity index (χ3n) is 2.75. The Labute approximate surface area is 88.4 Å². The predicted molar refractivity (Wildman–Crippen MR) is 61.1 cm³/mol. The molecular weight excluding hydrogens is 190 g/mol. The molecule has 0 spiro atoms. The van der Waals surface area contributed by atoms with Gasteiger partial charge in [-0.2, -0.15) is 5.26 Å². The Morgan fingerprint density at radius 1 is 1.21 bits per heavy atom. The zero-order valence-corrected chi connectivity index (χ0v) is 10.9. The average molecular weight is 209 g/mol. The van der Waals surface area contributed by atoms with Crippen molar-refractivity contribution in [2.24, 2.45) is 0 Å². The second kappa shape index (κ2) is 3.77. The first-order valence-electron chi connectivity index (χ1n) is 4.67. The minimum atomic E-state index is -1.95. The molecule has 0 saturated heterocycles. The summed E-state index contributed by atoms with van der Waals surface area (Å²) in [6.45, 7) is 12.2. The number of terminal acetylenes is 1. The molecule has 78 valence electrons. The number of nitrogens with zero attached hydrogens (tertiary/aromatic N) is 1. The van der Waals surface area contributed by atoms with Crippen molar-refractivity contribution in [2.45, 2.75) is 51.4 Å². The molecule has 0 saturated carbocycles. The Balaban J connectivity index is 4.88. The Morgan fingerprint density at radius 3 is 1.86 bits per heavy atom. The minimum Gasteiger partial charge on any atom is -0.390 e. The minimum absolute atomic E-state index is 0.0714. The van der Waals surface area contributed by atoms with Crippen molar-refractivity contribution in [2.75, 3.05) is 0 Å². The molecule has 0 aromatic carbocycles.